The molecule has 0 saturated heterocycles. The molecule has 33 heavy (non-hydrogen) atoms. The van der Waals surface area contributed by atoms with Crippen molar-refractivity contribution in [3.63, 3.8) is 0 Å². The Bertz CT molecular complexity index is 1480. The van der Waals surface area contributed by atoms with Gasteiger partial charge in [-0.05, 0) is 29.8 Å². The van der Waals surface area contributed by atoms with E-state index in [1.807, 2.05) is 12.1 Å². The Morgan fingerprint density at radius 3 is 2.12 bits per heavy atom. The molecule has 0 unspecified atom stereocenters. The number of carboxylic acids is 1. The summed E-state index contributed by atoms with van der Waals surface area (Å²) in [5.74, 6) is -1.17. The first kappa shape index (κ1) is 24.1. The van der Waals surface area contributed by atoms with E-state index in [0.29, 0.717) is 12.1 Å². The standard InChI is InChI=1S/C10H9NO6S2.C10H9NO3/c11-6-4-8-7(10(5-6)19(15,16)17)2-1-3-9(8)18(12,13)14;12-9(13)6-11-5-7-3-1-2-4-8(7)10(11)14/h1-5H,11H2,(H,12,13,14)(H,15,16,17);1-4H,5-6H2,(H,12,13). The maximum absolute atomic E-state index is 11.6. The second-order valence-electron chi connectivity index (χ2n) is 7.03. The van der Waals surface area contributed by atoms with Gasteiger partial charge in [0.2, 0.25) is 0 Å². The lowest BCUT2D eigenvalue weighted by molar-refractivity contribution is -0.137. The normalized spacial score (nSPS) is 13.4. The van der Waals surface area contributed by atoms with Crippen LogP contribution in [0.15, 0.2) is 64.4 Å². The molecule has 0 saturated carbocycles. The van der Waals surface area contributed by atoms with E-state index in [0.717, 1.165) is 17.7 Å². The highest BCUT2D eigenvalue weighted by Crippen LogP contribution is 2.30. The van der Waals surface area contributed by atoms with E-state index < -0.39 is 36.0 Å². The molecule has 0 bridgehead atoms. The van der Waals surface area contributed by atoms with Gasteiger partial charge in [0.25, 0.3) is 26.1 Å². The fraction of sp³-hybridized carbons (Fsp3) is 0.100. The molecule has 3 aromatic carbocycles. The fourth-order valence-corrected chi connectivity index (χ4v) is 4.83. The molecule has 11 nitrogen and oxygen atoms in total. The van der Waals surface area contributed by atoms with Gasteiger partial charge in [-0.1, -0.05) is 30.3 Å². The van der Waals surface area contributed by atoms with Gasteiger partial charge in [0.15, 0.2) is 0 Å². The smallest absolute Gasteiger partial charge is 0.323 e. The summed E-state index contributed by atoms with van der Waals surface area (Å²) in [6.45, 7) is 0.175. The Hall–Kier alpha value is -3.52. The van der Waals surface area contributed by atoms with E-state index in [2.05, 4.69) is 0 Å². The number of anilines is 1. The zero-order valence-corrected chi connectivity index (χ0v) is 18.4. The number of carbonyl (C=O) groups excluding carboxylic acids is 1. The van der Waals surface area contributed by atoms with Gasteiger partial charge < -0.3 is 15.7 Å². The number of aliphatic carboxylic acids is 1. The third kappa shape index (κ3) is 5.28. The minimum absolute atomic E-state index is 0.0492. The van der Waals surface area contributed by atoms with Crippen molar-refractivity contribution < 1.29 is 40.6 Å². The number of nitrogen functional groups attached to an aromatic ring is 1. The summed E-state index contributed by atoms with van der Waals surface area (Å²) < 4.78 is 63.1. The lowest BCUT2D eigenvalue weighted by atomic mass is 10.1. The zero-order chi connectivity index (χ0) is 24.6. The Morgan fingerprint density at radius 1 is 0.909 bits per heavy atom. The van der Waals surface area contributed by atoms with Gasteiger partial charge in [-0.2, -0.15) is 16.8 Å². The molecule has 0 aliphatic carbocycles. The van der Waals surface area contributed by atoms with E-state index in [1.165, 1.54) is 23.1 Å². The molecule has 3 aromatic rings. The molecule has 174 valence electrons. The highest BCUT2D eigenvalue weighted by Gasteiger charge is 2.27. The van der Waals surface area contributed by atoms with Gasteiger partial charge in [0.1, 0.15) is 16.3 Å². The number of amides is 1. The predicted molar refractivity (Wildman–Crippen MR) is 117 cm³/mol. The van der Waals surface area contributed by atoms with Gasteiger partial charge in [0, 0.05) is 28.6 Å². The van der Waals surface area contributed by atoms with E-state index in [9.17, 15) is 26.4 Å². The molecule has 1 aliphatic heterocycles. The maximum atomic E-state index is 11.6. The van der Waals surface area contributed by atoms with Crippen molar-refractivity contribution in [1.29, 1.82) is 0 Å². The van der Waals surface area contributed by atoms with Crippen molar-refractivity contribution in [2.75, 3.05) is 12.3 Å². The van der Waals surface area contributed by atoms with Crippen LogP contribution < -0.4 is 5.73 Å². The van der Waals surface area contributed by atoms with Crippen LogP contribution in [0.1, 0.15) is 15.9 Å². The largest absolute Gasteiger partial charge is 0.480 e. The van der Waals surface area contributed by atoms with Crippen LogP contribution in [0.25, 0.3) is 10.8 Å². The number of rotatable bonds is 4. The molecule has 1 heterocycles. The second-order valence-corrected chi connectivity index (χ2v) is 9.81. The molecule has 1 aliphatic rings. The molecule has 0 spiro atoms. The third-order valence-corrected chi connectivity index (χ3v) is 6.52. The van der Waals surface area contributed by atoms with Crippen LogP contribution >= 0.6 is 0 Å². The molecule has 1 amide bonds. The average molecular weight is 495 g/mol. The van der Waals surface area contributed by atoms with Gasteiger partial charge in [-0.25, -0.2) is 0 Å². The van der Waals surface area contributed by atoms with E-state index >= 15 is 0 Å². The number of hydrogen-bond donors (Lipinski definition) is 4. The molecular formula is C20H18N2O9S2. The van der Waals surface area contributed by atoms with E-state index in [4.69, 9.17) is 19.9 Å². The van der Waals surface area contributed by atoms with Crippen molar-refractivity contribution in [2.24, 2.45) is 0 Å². The lowest BCUT2D eigenvalue weighted by Crippen LogP contribution is -2.29. The minimum Gasteiger partial charge on any atom is -0.480 e. The Kier molecular flexibility index (Phi) is 6.42. The number of carboxylic acid groups (broad SMARTS) is 1. The minimum atomic E-state index is -4.57. The maximum Gasteiger partial charge on any atom is 0.323 e. The summed E-state index contributed by atoms with van der Waals surface area (Å²) in [6.07, 6.45) is 0. The van der Waals surface area contributed by atoms with Crippen LogP contribution in [0.4, 0.5) is 5.69 Å². The van der Waals surface area contributed by atoms with Crippen molar-refractivity contribution in [3.8, 4) is 0 Å². The van der Waals surface area contributed by atoms with Crippen LogP contribution in [0.2, 0.25) is 0 Å². The topological polar surface area (TPSA) is 192 Å². The van der Waals surface area contributed by atoms with E-state index in [1.54, 1.807) is 12.1 Å². The molecule has 0 radical (unpaired) electrons. The summed E-state index contributed by atoms with van der Waals surface area (Å²) in [5, 5.41) is 8.44. The molecule has 0 fully saturated rings. The van der Waals surface area contributed by atoms with Crippen molar-refractivity contribution >= 4 is 48.6 Å². The Labute approximate surface area is 188 Å². The number of hydrogen-bond acceptors (Lipinski definition) is 7. The molecule has 13 heteroatoms. The number of nitrogens with two attached hydrogens (primary N) is 1. The highest BCUT2D eigenvalue weighted by atomic mass is 32.2. The number of carbonyl (C=O) groups is 2. The molecule has 0 aromatic heterocycles. The van der Waals surface area contributed by atoms with Gasteiger partial charge in [-0.15, -0.1) is 0 Å². The Balaban J connectivity index is 0.000000194. The molecule has 5 N–H and O–H groups in total. The predicted octanol–water partition coefficient (Wildman–Crippen LogP) is 1.64. The van der Waals surface area contributed by atoms with Gasteiger partial charge in [-0.3, -0.25) is 18.7 Å². The van der Waals surface area contributed by atoms with Crippen molar-refractivity contribution in [3.05, 3.63) is 65.7 Å². The zero-order valence-electron chi connectivity index (χ0n) is 16.7. The summed E-state index contributed by atoms with van der Waals surface area (Å²) in [4.78, 5) is 22.4. The number of fused-ring (bicyclic) bond motifs is 2. The lowest BCUT2D eigenvalue weighted by Gasteiger charge is -2.11. The molecule has 4 rings (SSSR count). The van der Waals surface area contributed by atoms with E-state index in [-0.39, 0.29) is 28.9 Å². The Morgan fingerprint density at radius 2 is 1.55 bits per heavy atom. The van der Waals surface area contributed by atoms with Gasteiger partial charge >= 0.3 is 5.97 Å². The van der Waals surface area contributed by atoms with Crippen molar-refractivity contribution in [1.82, 2.24) is 4.90 Å². The third-order valence-electron chi connectivity index (χ3n) is 4.72. The first-order valence-electron chi connectivity index (χ1n) is 9.15. The molecule has 0 atom stereocenters. The van der Waals surface area contributed by atoms with Crippen LogP contribution in [0.5, 0.6) is 0 Å². The fourth-order valence-electron chi connectivity index (χ4n) is 3.39. The number of benzene rings is 3. The van der Waals surface area contributed by atoms with Crippen LogP contribution in [0.3, 0.4) is 0 Å². The monoisotopic (exact) mass is 494 g/mol. The summed E-state index contributed by atoms with van der Waals surface area (Å²) in [6, 6.07) is 13.0. The van der Waals surface area contributed by atoms with Crippen LogP contribution in [0, 0.1) is 0 Å². The first-order chi connectivity index (χ1) is 15.3. The van der Waals surface area contributed by atoms with Gasteiger partial charge in [0.05, 0.1) is 0 Å². The second kappa shape index (κ2) is 8.78. The first-order valence-corrected chi connectivity index (χ1v) is 12.0. The quantitative estimate of drug-likeness (QED) is 0.306. The van der Waals surface area contributed by atoms with Crippen molar-refractivity contribution in [2.45, 2.75) is 16.3 Å². The van der Waals surface area contributed by atoms with Crippen LogP contribution in [-0.2, 0) is 31.6 Å². The summed E-state index contributed by atoms with van der Waals surface area (Å²) >= 11 is 0. The SMILES string of the molecule is Nc1cc(S(=O)(=O)O)c2cccc(S(=O)(=O)O)c2c1.O=C(O)CN1Cc2ccccc2C1=O. The number of nitrogens with zero attached hydrogens (tertiary/aromatic N) is 1. The summed E-state index contributed by atoms with van der Waals surface area (Å²) in [7, 11) is -9.11. The van der Waals surface area contributed by atoms with Crippen LogP contribution in [-0.4, -0.2) is 54.4 Å². The molecular weight excluding hydrogens is 476 g/mol. The summed E-state index contributed by atoms with van der Waals surface area (Å²) in [5.41, 5.74) is 6.94. The average Bonchev–Trinajstić information content (AvgIpc) is 3.01. The highest BCUT2D eigenvalue weighted by molar-refractivity contribution is 7.86.